The summed E-state index contributed by atoms with van der Waals surface area (Å²) in [6, 6.07) is 10.1. The molecule has 4 heterocycles. The van der Waals surface area contributed by atoms with Gasteiger partial charge in [0.05, 0.1) is 22.0 Å². The van der Waals surface area contributed by atoms with E-state index in [1.54, 1.807) is 24.6 Å². The number of thiazole rings is 1. The van der Waals surface area contributed by atoms with E-state index in [0.29, 0.717) is 5.84 Å². The van der Waals surface area contributed by atoms with E-state index in [0.717, 1.165) is 43.6 Å². The Bertz CT molecular complexity index is 1190. The van der Waals surface area contributed by atoms with Crippen LogP contribution in [0.25, 0.3) is 32.2 Å². The van der Waals surface area contributed by atoms with Crippen molar-refractivity contribution in [1.82, 2.24) is 19.5 Å². The van der Waals surface area contributed by atoms with Gasteiger partial charge in [-0.25, -0.2) is 15.0 Å². The van der Waals surface area contributed by atoms with Gasteiger partial charge in [-0.1, -0.05) is 0 Å². The van der Waals surface area contributed by atoms with Gasteiger partial charge in [-0.3, -0.25) is 9.98 Å². The summed E-state index contributed by atoms with van der Waals surface area (Å²) in [5.74, 6) is 0.602. The minimum absolute atomic E-state index is 0.602. The fourth-order valence-electron chi connectivity index (χ4n) is 3.05. The molecule has 146 valence electrons. The van der Waals surface area contributed by atoms with Gasteiger partial charge in [-0.2, -0.15) is 0 Å². The quantitative estimate of drug-likeness (QED) is 0.277. The van der Waals surface area contributed by atoms with E-state index in [1.807, 2.05) is 49.0 Å². The van der Waals surface area contributed by atoms with Gasteiger partial charge in [-0.05, 0) is 44.0 Å². The van der Waals surface area contributed by atoms with Crippen molar-refractivity contribution in [3.63, 3.8) is 0 Å². The molecular formula is C22H22N6S. The molecule has 0 unspecified atom stereocenters. The molecule has 29 heavy (non-hydrogen) atoms. The van der Waals surface area contributed by atoms with E-state index in [-0.39, 0.29) is 0 Å². The highest BCUT2D eigenvalue weighted by Gasteiger charge is 2.16. The molecule has 0 saturated heterocycles. The maximum absolute atomic E-state index is 4.89. The van der Waals surface area contributed by atoms with E-state index in [1.165, 1.54) is 0 Å². The summed E-state index contributed by atoms with van der Waals surface area (Å²) >= 11 is 1.63. The van der Waals surface area contributed by atoms with Crippen molar-refractivity contribution in [2.45, 2.75) is 6.92 Å². The Morgan fingerprint density at radius 1 is 1.17 bits per heavy atom. The third-order valence-corrected chi connectivity index (χ3v) is 5.63. The van der Waals surface area contributed by atoms with Crippen molar-refractivity contribution < 1.29 is 0 Å². The molecule has 0 spiro atoms. The van der Waals surface area contributed by atoms with E-state index >= 15 is 0 Å². The number of aromatic nitrogens is 4. The molecule has 0 radical (unpaired) electrons. The van der Waals surface area contributed by atoms with E-state index in [9.17, 15) is 0 Å². The lowest BCUT2D eigenvalue weighted by molar-refractivity contribution is 0.933. The minimum Gasteiger partial charge on any atom is -0.326 e. The Balaban J connectivity index is 0.00000117. The first-order chi connectivity index (χ1) is 14.1. The Labute approximate surface area is 174 Å². The van der Waals surface area contributed by atoms with Crippen LogP contribution in [0.15, 0.2) is 65.9 Å². The van der Waals surface area contributed by atoms with Crippen LogP contribution in [0.3, 0.4) is 0 Å². The Morgan fingerprint density at radius 2 is 1.97 bits per heavy atom. The second kappa shape index (κ2) is 8.70. The first-order valence-electron chi connectivity index (χ1n) is 8.91. The number of pyridine rings is 2. The molecular weight excluding hydrogens is 380 g/mol. The second-order valence-electron chi connectivity index (χ2n) is 6.08. The number of rotatable bonds is 3. The van der Waals surface area contributed by atoms with Gasteiger partial charge in [-0.15, -0.1) is 24.5 Å². The summed E-state index contributed by atoms with van der Waals surface area (Å²) < 4.78 is 1.99. The number of amidine groups is 1. The molecule has 4 aromatic heterocycles. The summed E-state index contributed by atoms with van der Waals surface area (Å²) in [6.45, 7) is 11.6. The maximum atomic E-state index is 4.89. The average Bonchev–Trinajstić information content (AvgIpc) is 3.31. The molecule has 4 rings (SSSR count). The number of fused-ring (bicyclic) bond motifs is 1. The van der Waals surface area contributed by atoms with E-state index in [4.69, 9.17) is 9.97 Å². The summed E-state index contributed by atoms with van der Waals surface area (Å²) in [4.78, 5) is 23.0. The minimum atomic E-state index is 0.602. The van der Waals surface area contributed by atoms with Crippen LogP contribution in [0.5, 0.6) is 0 Å². The van der Waals surface area contributed by atoms with E-state index < -0.39 is 0 Å². The molecule has 0 N–H and O–H groups in total. The number of hydrogen-bond acceptors (Lipinski definition) is 5. The molecule has 0 amide bonds. The van der Waals surface area contributed by atoms with Gasteiger partial charge < -0.3 is 4.57 Å². The van der Waals surface area contributed by atoms with Crippen molar-refractivity contribution in [2.75, 3.05) is 7.05 Å². The van der Waals surface area contributed by atoms with Crippen LogP contribution in [0.1, 0.15) is 11.4 Å². The smallest absolute Gasteiger partial charge is 0.170 e. The number of aryl methyl sites for hydroxylation is 2. The Hall–Kier alpha value is -3.45. The fraction of sp³-hybridized carbons (Fsp3) is 0.136. The molecule has 0 saturated carbocycles. The molecule has 0 aliphatic rings. The third kappa shape index (κ3) is 3.77. The normalized spacial score (nSPS) is 11.2. The molecule has 0 atom stereocenters. The van der Waals surface area contributed by atoms with Crippen molar-refractivity contribution in [2.24, 2.45) is 17.0 Å². The van der Waals surface area contributed by atoms with Crippen molar-refractivity contribution in [3.8, 4) is 21.1 Å². The summed E-state index contributed by atoms with van der Waals surface area (Å²) in [5.41, 5.74) is 4.65. The third-order valence-electron chi connectivity index (χ3n) is 4.40. The Morgan fingerprint density at radius 3 is 2.62 bits per heavy atom. The molecule has 0 fully saturated rings. The lowest BCUT2D eigenvalue weighted by atomic mass is 10.2. The van der Waals surface area contributed by atoms with Crippen LogP contribution in [0.4, 0.5) is 0 Å². The topological polar surface area (TPSA) is 68.3 Å². The lowest BCUT2D eigenvalue weighted by Crippen LogP contribution is -2.04. The standard InChI is InChI=1S/C20H18N6S.C2H4/c1-12-17(27-20(24-12)14-6-5-9-23-11-14)15-8-7-13-10-16(18(21-2)22-3)26(4)19(13)25-15;1-2/h5-11H,2H2,1,3-4H3;1-2H2. The van der Waals surface area contributed by atoms with Gasteiger partial charge in [0, 0.05) is 37.4 Å². The lowest BCUT2D eigenvalue weighted by Gasteiger charge is -2.03. The SMILES string of the molecule is C=C.C=NC(=NC)c1cc2ccc(-c3sc(-c4cccnc4)nc3C)nc2n1C. The zero-order valence-corrected chi connectivity index (χ0v) is 17.6. The predicted octanol–water partition coefficient (Wildman–Crippen LogP) is 4.95. The van der Waals surface area contributed by atoms with Gasteiger partial charge in [0.1, 0.15) is 10.7 Å². The van der Waals surface area contributed by atoms with Gasteiger partial charge in [0.15, 0.2) is 5.84 Å². The van der Waals surface area contributed by atoms with Crippen molar-refractivity contribution in [1.29, 1.82) is 0 Å². The zero-order valence-electron chi connectivity index (χ0n) is 16.8. The maximum Gasteiger partial charge on any atom is 0.170 e. The summed E-state index contributed by atoms with van der Waals surface area (Å²) in [6.07, 6.45) is 3.59. The number of nitrogens with zero attached hydrogens (tertiary/aromatic N) is 6. The van der Waals surface area contributed by atoms with Crippen LogP contribution in [-0.4, -0.2) is 39.1 Å². The Kier molecular flexibility index (Phi) is 6.09. The summed E-state index contributed by atoms with van der Waals surface area (Å²) in [7, 11) is 3.67. The summed E-state index contributed by atoms with van der Waals surface area (Å²) in [5, 5.41) is 1.98. The number of hydrogen-bond donors (Lipinski definition) is 0. The van der Waals surface area contributed by atoms with Crippen molar-refractivity contribution in [3.05, 3.63) is 67.3 Å². The second-order valence-corrected chi connectivity index (χ2v) is 7.08. The van der Waals surface area contributed by atoms with Crippen LogP contribution < -0.4 is 0 Å². The highest BCUT2D eigenvalue weighted by atomic mass is 32.1. The van der Waals surface area contributed by atoms with Crippen molar-refractivity contribution >= 4 is 34.9 Å². The molecule has 0 aromatic carbocycles. The molecule has 0 bridgehead atoms. The van der Waals surface area contributed by atoms with Crippen LogP contribution in [0.2, 0.25) is 0 Å². The van der Waals surface area contributed by atoms with Crippen LogP contribution in [-0.2, 0) is 7.05 Å². The highest BCUT2D eigenvalue weighted by Crippen LogP contribution is 2.35. The predicted molar refractivity (Wildman–Crippen MR) is 123 cm³/mol. The van der Waals surface area contributed by atoms with Gasteiger partial charge in [0.2, 0.25) is 0 Å². The molecule has 0 aliphatic heterocycles. The first-order valence-corrected chi connectivity index (χ1v) is 9.72. The first kappa shape index (κ1) is 20.3. The van der Waals surface area contributed by atoms with Crippen LogP contribution in [0, 0.1) is 6.92 Å². The highest BCUT2D eigenvalue weighted by molar-refractivity contribution is 7.18. The largest absolute Gasteiger partial charge is 0.326 e. The van der Waals surface area contributed by atoms with Gasteiger partial charge >= 0.3 is 0 Å². The zero-order chi connectivity index (χ0) is 21.0. The fourth-order valence-corrected chi connectivity index (χ4v) is 4.08. The monoisotopic (exact) mass is 402 g/mol. The van der Waals surface area contributed by atoms with E-state index in [2.05, 4.69) is 40.9 Å². The molecule has 0 aliphatic carbocycles. The molecule has 4 aromatic rings. The van der Waals surface area contributed by atoms with Gasteiger partial charge in [0.25, 0.3) is 0 Å². The number of aliphatic imine (C=N–C) groups is 2. The average molecular weight is 403 g/mol. The molecule has 6 nitrogen and oxygen atoms in total. The van der Waals surface area contributed by atoms with Crippen LogP contribution >= 0.6 is 11.3 Å². The molecule has 7 heteroatoms.